The molecule has 16 rings (SSSR count). The molecule has 4 aliphatic heterocycles. The van der Waals surface area contributed by atoms with Gasteiger partial charge in [-0.3, -0.25) is 0 Å². The molecule has 0 amide bonds. The fraction of sp³-hybridized carbons (Fsp3) is 0.227. The van der Waals surface area contributed by atoms with E-state index < -0.39 is 0 Å². The van der Waals surface area contributed by atoms with Gasteiger partial charge < -0.3 is 18.9 Å². The van der Waals surface area contributed by atoms with E-state index in [1.165, 1.54) is 144 Å². The van der Waals surface area contributed by atoms with Crippen molar-refractivity contribution >= 4 is 21.5 Å². The van der Waals surface area contributed by atoms with Crippen LogP contribution in [0.3, 0.4) is 0 Å². The summed E-state index contributed by atoms with van der Waals surface area (Å²) in [6.45, 7) is 3.56. The standard InChI is InChI=1S/C88H78O4/c1-7-67(8-2-59(1)39-63-15-25-71(26-16-63)50-81-55-89-81)43-75-34-38-86-78(47-75)35-36-79(46-70-23-13-62(14-24-70)42-66-21-31-74(32-22-66)53-84-58-92-84)88(86)87-54-77(45-69-11-5-61(6-12-69)41-65-19-29-73(30-20-65)52-83-57-91-83)49-80-48-76(33-37-85(80)87)44-68-9-3-60(4-10-68)40-64-17-27-72(28-18-64)51-82-56-90-82/h1-38,47-49,54,81-84H,39-46,50-53,55-58H2. The minimum atomic E-state index is 0.399. The Balaban J connectivity index is 0.716. The third kappa shape index (κ3) is 15.0. The number of fused-ring (bicyclic) bond motifs is 2. The highest BCUT2D eigenvalue weighted by Crippen LogP contribution is 2.41. The van der Waals surface area contributed by atoms with E-state index in [0.29, 0.717) is 24.4 Å². The summed E-state index contributed by atoms with van der Waals surface area (Å²) < 4.78 is 22.0. The average Bonchev–Trinajstić information content (AvgIpc) is 1.32. The Labute approximate surface area is 542 Å². The van der Waals surface area contributed by atoms with Gasteiger partial charge in [-0.05, 0) is 195 Å². The highest BCUT2D eigenvalue weighted by molar-refractivity contribution is 6.07. The predicted molar refractivity (Wildman–Crippen MR) is 375 cm³/mol. The maximum atomic E-state index is 5.51. The topological polar surface area (TPSA) is 50.1 Å². The summed E-state index contributed by atoms with van der Waals surface area (Å²) in [4.78, 5) is 0. The summed E-state index contributed by atoms with van der Waals surface area (Å²) in [5, 5.41) is 5.11. The first-order valence-corrected chi connectivity index (χ1v) is 33.5. The number of ether oxygens (including phenoxy) is 4. The molecule has 12 aromatic rings. The summed E-state index contributed by atoms with van der Waals surface area (Å²) in [7, 11) is 0. The third-order valence-electron chi connectivity index (χ3n) is 19.4. The first-order chi connectivity index (χ1) is 45.3. The largest absolute Gasteiger partial charge is 0.373 e. The lowest BCUT2D eigenvalue weighted by Gasteiger charge is -2.19. The highest BCUT2D eigenvalue weighted by atomic mass is 16.6. The van der Waals surface area contributed by atoms with Gasteiger partial charge in [-0.1, -0.05) is 255 Å². The number of rotatable bonds is 25. The van der Waals surface area contributed by atoms with Gasteiger partial charge in [0.1, 0.15) is 0 Å². The molecule has 92 heavy (non-hydrogen) atoms. The monoisotopic (exact) mass is 1200 g/mol. The van der Waals surface area contributed by atoms with E-state index in [1.54, 1.807) is 0 Å². The Morgan fingerprint density at radius 2 is 0.446 bits per heavy atom. The summed E-state index contributed by atoms with van der Waals surface area (Å²) in [6.07, 6.45) is 12.7. The van der Waals surface area contributed by atoms with Gasteiger partial charge in [0.25, 0.3) is 0 Å². The smallest absolute Gasteiger partial charge is 0.0850 e. The molecular formula is C88H78O4. The van der Waals surface area contributed by atoms with Crippen molar-refractivity contribution in [3.63, 3.8) is 0 Å². The molecule has 0 aromatic heterocycles. The molecule has 4 aliphatic rings. The van der Waals surface area contributed by atoms with E-state index in [-0.39, 0.29) is 0 Å². The lowest BCUT2D eigenvalue weighted by atomic mass is 9.85. The second kappa shape index (κ2) is 26.3. The first-order valence-electron chi connectivity index (χ1n) is 33.5. The second-order valence-electron chi connectivity index (χ2n) is 26.9. The lowest BCUT2D eigenvalue weighted by molar-refractivity contribution is 0.407. The average molecular weight is 1200 g/mol. The molecule has 4 unspecified atom stereocenters. The van der Waals surface area contributed by atoms with Crippen molar-refractivity contribution in [1.82, 2.24) is 0 Å². The minimum absolute atomic E-state index is 0.399. The Bertz CT molecular complexity index is 4510. The maximum absolute atomic E-state index is 5.51. The van der Waals surface area contributed by atoms with Crippen LogP contribution in [-0.2, 0) is 96.0 Å². The molecule has 0 bridgehead atoms. The summed E-state index contributed by atoms with van der Waals surface area (Å²) in [5.41, 5.74) is 29.2. The normalized spacial score (nSPS) is 17.1. The molecule has 4 heteroatoms. The Morgan fingerprint density at radius 3 is 0.761 bits per heavy atom. The Morgan fingerprint density at radius 1 is 0.207 bits per heavy atom. The van der Waals surface area contributed by atoms with Gasteiger partial charge in [-0.25, -0.2) is 0 Å². The highest BCUT2D eigenvalue weighted by Gasteiger charge is 2.25. The molecule has 4 fully saturated rings. The molecule has 0 radical (unpaired) electrons. The summed E-state index contributed by atoms with van der Waals surface area (Å²) >= 11 is 0. The quantitative estimate of drug-likeness (QED) is 0.0535. The van der Waals surface area contributed by atoms with Crippen LogP contribution in [0.1, 0.15) is 111 Å². The van der Waals surface area contributed by atoms with Crippen LogP contribution in [0.4, 0.5) is 0 Å². The van der Waals surface area contributed by atoms with Crippen molar-refractivity contribution in [2.45, 2.75) is 101 Å². The first kappa shape index (κ1) is 58.1. The van der Waals surface area contributed by atoms with Crippen molar-refractivity contribution in [1.29, 1.82) is 0 Å². The van der Waals surface area contributed by atoms with Crippen molar-refractivity contribution in [2.24, 2.45) is 0 Å². The van der Waals surface area contributed by atoms with Crippen LogP contribution >= 0.6 is 0 Å². The van der Waals surface area contributed by atoms with E-state index >= 15 is 0 Å². The van der Waals surface area contributed by atoms with Gasteiger partial charge in [0.05, 0.1) is 50.8 Å². The molecular weight excluding hydrogens is 1120 g/mol. The Kier molecular flexibility index (Phi) is 16.6. The fourth-order valence-electron chi connectivity index (χ4n) is 13.8. The summed E-state index contributed by atoms with van der Waals surface area (Å²) in [6, 6.07) is 98.1. The van der Waals surface area contributed by atoms with Gasteiger partial charge in [-0.15, -0.1) is 0 Å². The number of epoxide rings is 4. The fourth-order valence-corrected chi connectivity index (χ4v) is 13.8. The zero-order valence-electron chi connectivity index (χ0n) is 52.5. The van der Waals surface area contributed by atoms with Crippen LogP contribution in [0, 0.1) is 0 Å². The van der Waals surface area contributed by atoms with Crippen LogP contribution < -0.4 is 0 Å². The zero-order valence-corrected chi connectivity index (χ0v) is 52.5. The second-order valence-corrected chi connectivity index (χ2v) is 26.9. The van der Waals surface area contributed by atoms with E-state index in [9.17, 15) is 0 Å². The van der Waals surface area contributed by atoms with Crippen LogP contribution in [0.25, 0.3) is 32.7 Å². The van der Waals surface area contributed by atoms with E-state index in [4.69, 9.17) is 18.9 Å². The van der Waals surface area contributed by atoms with Crippen molar-refractivity contribution < 1.29 is 18.9 Å². The number of benzene rings is 12. The molecule has 4 saturated heterocycles. The minimum Gasteiger partial charge on any atom is -0.373 e. The van der Waals surface area contributed by atoms with Gasteiger partial charge in [0.2, 0.25) is 0 Å². The van der Waals surface area contributed by atoms with E-state index in [2.05, 4.69) is 255 Å². The van der Waals surface area contributed by atoms with Crippen LogP contribution in [0.15, 0.2) is 255 Å². The maximum Gasteiger partial charge on any atom is 0.0850 e. The lowest BCUT2D eigenvalue weighted by Crippen LogP contribution is -1.99. The van der Waals surface area contributed by atoms with Gasteiger partial charge in [0.15, 0.2) is 0 Å². The molecule has 4 atom stereocenters. The van der Waals surface area contributed by atoms with Gasteiger partial charge >= 0.3 is 0 Å². The molecule has 4 heterocycles. The molecule has 454 valence electrons. The molecule has 12 aromatic carbocycles. The SMILES string of the molecule is c1cc(Cc2ccc3c(-c4c(Cc5ccc(Cc6ccc(CC7CO7)cc6)cc5)ccc5cc(Cc6ccc(Cc7ccc(CC8CO8)cc7)cc6)ccc45)cc(Cc4ccc(Cc5ccc(CC6CO6)cc5)cc4)cc3c2)ccc1Cc1ccc(CC2CO2)cc1. The predicted octanol–water partition coefficient (Wildman–Crippen LogP) is 18.2. The molecule has 0 aliphatic carbocycles. The molecule has 0 saturated carbocycles. The van der Waals surface area contributed by atoms with Crippen LogP contribution in [0.5, 0.6) is 0 Å². The van der Waals surface area contributed by atoms with Crippen molar-refractivity contribution in [2.75, 3.05) is 26.4 Å². The van der Waals surface area contributed by atoms with E-state index in [1.807, 2.05) is 0 Å². The molecule has 0 spiro atoms. The molecule has 4 nitrogen and oxygen atoms in total. The number of hydrogen-bond acceptors (Lipinski definition) is 4. The molecule has 0 N–H and O–H groups in total. The van der Waals surface area contributed by atoms with Gasteiger partial charge in [0, 0.05) is 25.7 Å². The van der Waals surface area contributed by atoms with Crippen LogP contribution in [0.2, 0.25) is 0 Å². The van der Waals surface area contributed by atoms with Crippen LogP contribution in [-0.4, -0.2) is 50.8 Å². The van der Waals surface area contributed by atoms with E-state index in [0.717, 1.165) is 103 Å². The van der Waals surface area contributed by atoms with Crippen molar-refractivity contribution in [3.8, 4) is 11.1 Å². The third-order valence-corrected chi connectivity index (χ3v) is 19.4. The summed E-state index contributed by atoms with van der Waals surface area (Å²) in [5.74, 6) is 0. The number of hydrogen-bond donors (Lipinski definition) is 0. The Hall–Kier alpha value is -9.00. The van der Waals surface area contributed by atoms with Gasteiger partial charge in [-0.2, -0.15) is 0 Å². The zero-order chi connectivity index (χ0) is 61.2. The van der Waals surface area contributed by atoms with Crippen molar-refractivity contribution in [3.05, 3.63) is 366 Å².